The molecule has 0 bridgehead atoms. The largest absolute Gasteiger partial charge is 0.383 e. The van der Waals surface area contributed by atoms with Crippen molar-refractivity contribution in [1.29, 1.82) is 0 Å². The van der Waals surface area contributed by atoms with Crippen molar-refractivity contribution in [3.63, 3.8) is 0 Å². The highest BCUT2D eigenvalue weighted by molar-refractivity contribution is 7.27. The molecule has 0 aromatic carbocycles. The van der Waals surface area contributed by atoms with E-state index in [1.165, 1.54) is 10.1 Å². The lowest BCUT2D eigenvalue weighted by Gasteiger charge is -2.13. The molecule has 2 N–H and O–H groups in total. The van der Waals surface area contributed by atoms with Crippen molar-refractivity contribution in [2.45, 2.75) is 32.1 Å². The normalized spacial score (nSPS) is 19.9. The highest BCUT2D eigenvalue weighted by Gasteiger charge is 2.26. The van der Waals surface area contributed by atoms with Crippen molar-refractivity contribution in [1.82, 2.24) is 0 Å². The second-order valence-corrected chi connectivity index (χ2v) is 11.6. The fourth-order valence-electron chi connectivity index (χ4n) is 1.74. The smallest absolute Gasteiger partial charge is 0.137 e. The first-order valence-electron chi connectivity index (χ1n) is 5.35. The van der Waals surface area contributed by atoms with E-state index in [2.05, 4.69) is 36.6 Å². The zero-order chi connectivity index (χ0) is 11.9. The minimum absolute atomic E-state index is 0.0726. The van der Waals surface area contributed by atoms with Gasteiger partial charge in [-0.2, -0.15) is 0 Å². The number of aliphatic imine (C=N–C) groups is 1. The highest BCUT2D eigenvalue weighted by Crippen LogP contribution is 2.24. The topological polar surface area (TPSA) is 38.4 Å². The average Bonchev–Trinajstić information content (AvgIpc) is 2.61. The molecule has 1 aliphatic rings. The van der Waals surface area contributed by atoms with Crippen LogP contribution in [0.15, 0.2) is 11.1 Å². The summed E-state index contributed by atoms with van der Waals surface area (Å²) in [5, 5.41) is 0. The predicted molar refractivity (Wildman–Crippen MR) is 74.3 cm³/mol. The number of rotatable bonds is 1. The zero-order valence-corrected chi connectivity index (χ0v) is 11.7. The van der Waals surface area contributed by atoms with Crippen LogP contribution in [0.3, 0.4) is 0 Å². The lowest BCUT2D eigenvalue weighted by Crippen LogP contribution is -2.34. The molecule has 0 aliphatic carbocycles. The van der Waals surface area contributed by atoms with Crippen LogP contribution in [-0.2, 0) is 6.42 Å². The molecule has 2 nitrogen and oxygen atoms in total. The Morgan fingerprint density at radius 2 is 2.25 bits per heavy atom. The molecule has 4 heteroatoms. The van der Waals surface area contributed by atoms with Gasteiger partial charge in [0, 0.05) is 6.42 Å². The Morgan fingerprint density at radius 3 is 2.81 bits per heavy atom. The lowest BCUT2D eigenvalue weighted by atomic mass is 10.0. The molecule has 1 atom stereocenters. The Morgan fingerprint density at radius 1 is 1.56 bits per heavy atom. The van der Waals surface area contributed by atoms with Crippen LogP contribution in [0.5, 0.6) is 0 Å². The summed E-state index contributed by atoms with van der Waals surface area (Å²) in [5.74, 6) is 3.30. The van der Waals surface area contributed by atoms with E-state index >= 15 is 0 Å². The van der Waals surface area contributed by atoms with Gasteiger partial charge in [-0.25, -0.2) is 0 Å². The Balaban J connectivity index is 2.45. The summed E-state index contributed by atoms with van der Waals surface area (Å²) in [6.07, 6.45) is 6.26. The van der Waals surface area contributed by atoms with E-state index < -0.39 is 8.07 Å². The molecule has 1 aromatic heterocycles. The molecule has 1 unspecified atom stereocenters. The first-order valence-corrected chi connectivity index (χ1v) is 9.66. The number of hydrogen-bond donors (Lipinski definition) is 1. The van der Waals surface area contributed by atoms with Crippen LogP contribution in [0.25, 0.3) is 0 Å². The lowest BCUT2D eigenvalue weighted by molar-refractivity contribution is 0.823. The SMILES string of the molecule is C#CC1Cc2cc([Si](C)(C)C)sc2C(N)=N1. The third-order valence-corrected chi connectivity index (χ3v) is 7.46. The minimum Gasteiger partial charge on any atom is -0.383 e. The van der Waals surface area contributed by atoms with Crippen molar-refractivity contribution in [3.05, 3.63) is 16.5 Å². The van der Waals surface area contributed by atoms with Crippen molar-refractivity contribution in [3.8, 4) is 12.3 Å². The van der Waals surface area contributed by atoms with Gasteiger partial charge in [0.05, 0.1) is 13.0 Å². The Kier molecular flexibility index (Phi) is 2.68. The van der Waals surface area contributed by atoms with Gasteiger partial charge < -0.3 is 5.73 Å². The monoisotopic (exact) mass is 248 g/mol. The van der Waals surface area contributed by atoms with Crippen LogP contribution in [0.1, 0.15) is 10.4 Å². The second kappa shape index (κ2) is 3.76. The number of amidine groups is 1. The van der Waals surface area contributed by atoms with Gasteiger partial charge in [-0.15, -0.1) is 17.8 Å². The number of fused-ring (bicyclic) bond motifs is 1. The summed E-state index contributed by atoms with van der Waals surface area (Å²) in [5.41, 5.74) is 7.24. The molecule has 16 heavy (non-hydrogen) atoms. The quantitative estimate of drug-likeness (QED) is 0.594. The van der Waals surface area contributed by atoms with Gasteiger partial charge in [-0.3, -0.25) is 4.99 Å². The summed E-state index contributed by atoms with van der Waals surface area (Å²) in [7, 11) is -1.25. The van der Waals surface area contributed by atoms with Crippen LogP contribution in [0.4, 0.5) is 0 Å². The third kappa shape index (κ3) is 1.93. The molecule has 0 radical (unpaired) electrons. The van der Waals surface area contributed by atoms with E-state index in [9.17, 15) is 0 Å². The van der Waals surface area contributed by atoms with E-state index in [1.807, 2.05) is 0 Å². The molecule has 0 saturated heterocycles. The van der Waals surface area contributed by atoms with Gasteiger partial charge in [-0.1, -0.05) is 25.6 Å². The Labute approximate surface area is 102 Å². The van der Waals surface area contributed by atoms with Crippen molar-refractivity contribution in [2.24, 2.45) is 10.7 Å². The summed E-state index contributed by atoms with van der Waals surface area (Å²) in [6.45, 7) is 7.03. The van der Waals surface area contributed by atoms with E-state index in [0.717, 1.165) is 11.3 Å². The van der Waals surface area contributed by atoms with E-state index in [0.29, 0.717) is 5.84 Å². The van der Waals surface area contributed by atoms with Crippen molar-refractivity contribution < 1.29 is 0 Å². The van der Waals surface area contributed by atoms with Crippen LogP contribution >= 0.6 is 11.3 Å². The fourth-order valence-corrected chi connectivity index (χ4v) is 4.73. The van der Waals surface area contributed by atoms with Crippen LogP contribution in [0.2, 0.25) is 19.6 Å². The second-order valence-electron chi connectivity index (χ2n) is 5.12. The third-order valence-electron chi connectivity index (χ3n) is 2.68. The summed E-state index contributed by atoms with van der Waals surface area (Å²) in [6, 6.07) is 2.22. The van der Waals surface area contributed by atoms with Gasteiger partial charge in [0.2, 0.25) is 0 Å². The molecule has 1 aliphatic heterocycles. The van der Waals surface area contributed by atoms with Crippen LogP contribution < -0.4 is 10.2 Å². The maximum absolute atomic E-state index is 5.95. The summed E-state index contributed by atoms with van der Waals surface area (Å²) < 4.78 is 1.48. The molecule has 0 amide bonds. The fraction of sp³-hybridized carbons (Fsp3) is 0.417. The Bertz CT molecular complexity index is 488. The number of nitrogens with zero attached hydrogens (tertiary/aromatic N) is 1. The van der Waals surface area contributed by atoms with Crippen molar-refractivity contribution in [2.75, 3.05) is 0 Å². The van der Waals surface area contributed by atoms with Gasteiger partial charge >= 0.3 is 0 Å². The molecule has 2 rings (SSSR count). The number of terminal acetylenes is 1. The number of nitrogens with two attached hydrogens (primary N) is 1. The van der Waals surface area contributed by atoms with Crippen LogP contribution in [0, 0.1) is 12.3 Å². The summed E-state index contributed by atoms with van der Waals surface area (Å²) in [4.78, 5) is 5.46. The van der Waals surface area contributed by atoms with Gasteiger partial charge in [0.15, 0.2) is 0 Å². The number of hydrogen-bond acceptors (Lipinski definition) is 3. The molecular weight excluding hydrogens is 232 g/mol. The van der Waals surface area contributed by atoms with E-state index in [4.69, 9.17) is 12.2 Å². The molecule has 0 spiro atoms. The highest BCUT2D eigenvalue weighted by atomic mass is 32.1. The standard InChI is InChI=1S/C12H16N2SSi/c1-5-9-6-8-7-10(16(2,3)4)15-11(8)12(13)14-9/h1,7,9H,6H2,2-4H3,(H2,13,14). The maximum atomic E-state index is 5.95. The molecule has 0 fully saturated rings. The van der Waals surface area contributed by atoms with Gasteiger partial charge in [-0.05, 0) is 16.1 Å². The molecule has 2 heterocycles. The van der Waals surface area contributed by atoms with E-state index in [-0.39, 0.29) is 6.04 Å². The predicted octanol–water partition coefficient (Wildman–Crippen LogP) is 1.56. The zero-order valence-electron chi connectivity index (χ0n) is 9.87. The van der Waals surface area contributed by atoms with Crippen LogP contribution in [-0.4, -0.2) is 20.0 Å². The molecule has 84 valence electrons. The maximum Gasteiger partial charge on any atom is 0.137 e. The summed E-state index contributed by atoms with van der Waals surface area (Å²) >= 11 is 1.80. The number of thiophene rings is 1. The first-order chi connectivity index (χ1) is 7.41. The first kappa shape index (κ1) is 11.4. The molecular formula is C12H16N2SSi. The van der Waals surface area contributed by atoms with E-state index in [1.54, 1.807) is 11.3 Å². The van der Waals surface area contributed by atoms with Gasteiger partial charge in [0.25, 0.3) is 0 Å². The van der Waals surface area contributed by atoms with Crippen molar-refractivity contribution >= 4 is 29.7 Å². The molecule has 1 aromatic rings. The van der Waals surface area contributed by atoms with Gasteiger partial charge in [0.1, 0.15) is 11.9 Å². The Hall–Kier alpha value is -1.05. The molecule has 0 saturated carbocycles. The average molecular weight is 248 g/mol. The minimum atomic E-state index is -1.25.